The van der Waals surface area contributed by atoms with Crippen molar-refractivity contribution in [3.63, 3.8) is 0 Å². The standard InChI is InChI=1S/C16H17NO3.C8H10AsNO5/c1-17(16(18)12-7-5-4-6-8-12)13-9-10-14(19-2)15(11-13)20-3;1-6(11)10-8-5-3-2-4-7(8)9(12,13)15-14/h4-11H,1-3H3;2-5,14H,1H3,(H,10,11)(H,12,13). The SMILES string of the molecule is CC(=O)Nc1ccccc1[As](=O)(O)OO.COc1ccc(N(C)C(=O)c2ccccc2)cc1OC. The Morgan fingerprint density at radius 1 is 0.914 bits per heavy atom. The van der Waals surface area contributed by atoms with Crippen molar-refractivity contribution >= 4 is 41.7 Å². The van der Waals surface area contributed by atoms with Gasteiger partial charge in [0.25, 0.3) is 5.91 Å². The number of benzene rings is 3. The molecule has 10 nitrogen and oxygen atoms in total. The van der Waals surface area contributed by atoms with Crippen molar-refractivity contribution in [2.45, 2.75) is 6.92 Å². The normalized spacial score (nSPS) is 11.8. The number of para-hydroxylation sites is 1. The van der Waals surface area contributed by atoms with E-state index >= 15 is 0 Å². The first-order chi connectivity index (χ1) is 16.6. The van der Waals surface area contributed by atoms with Gasteiger partial charge in [0.1, 0.15) is 0 Å². The Kier molecular flexibility index (Phi) is 10.1. The molecule has 0 aliphatic carbocycles. The van der Waals surface area contributed by atoms with Gasteiger partial charge in [-0.15, -0.1) is 0 Å². The van der Waals surface area contributed by atoms with E-state index in [-0.39, 0.29) is 21.9 Å². The third-order valence-electron chi connectivity index (χ3n) is 4.71. The fourth-order valence-corrected chi connectivity index (χ4v) is 4.66. The summed E-state index contributed by atoms with van der Waals surface area (Å²) in [4.78, 5) is 24.7. The zero-order valence-corrected chi connectivity index (χ0v) is 21.5. The second-order valence-corrected chi connectivity index (χ2v) is 10.6. The van der Waals surface area contributed by atoms with E-state index in [0.29, 0.717) is 17.1 Å². The molecule has 1 atom stereocenters. The second-order valence-electron chi connectivity index (χ2n) is 7.07. The summed E-state index contributed by atoms with van der Waals surface area (Å²) in [5.74, 6) is 0.781. The number of nitrogens with one attached hydrogen (secondary N) is 1. The number of carbonyl (C=O) groups excluding carboxylic acids is 2. The predicted octanol–water partition coefficient (Wildman–Crippen LogP) is 2.68. The minimum Gasteiger partial charge on any atom is -0.493 e. The van der Waals surface area contributed by atoms with Gasteiger partial charge in [0, 0.05) is 24.4 Å². The number of carbonyl (C=O) groups is 2. The summed E-state index contributed by atoms with van der Waals surface area (Å²) in [6, 6.07) is 20.4. The molecule has 0 heterocycles. The number of methoxy groups -OCH3 is 2. The maximum Gasteiger partial charge on any atom is 0.258 e. The van der Waals surface area contributed by atoms with Gasteiger partial charge in [-0.25, -0.2) is 0 Å². The van der Waals surface area contributed by atoms with E-state index in [1.54, 1.807) is 56.5 Å². The monoisotopic (exact) mass is 546 g/mol. The third-order valence-corrected chi connectivity index (χ3v) is 7.27. The van der Waals surface area contributed by atoms with Gasteiger partial charge in [0.15, 0.2) is 11.5 Å². The van der Waals surface area contributed by atoms with Gasteiger partial charge in [-0.3, -0.25) is 4.79 Å². The van der Waals surface area contributed by atoms with Crippen LogP contribution in [0.3, 0.4) is 0 Å². The molecule has 0 aliphatic rings. The van der Waals surface area contributed by atoms with Crippen molar-refractivity contribution in [2.75, 3.05) is 31.5 Å². The van der Waals surface area contributed by atoms with Gasteiger partial charge in [0.2, 0.25) is 0 Å². The van der Waals surface area contributed by atoms with E-state index in [4.69, 9.17) is 14.7 Å². The smallest absolute Gasteiger partial charge is 0.258 e. The van der Waals surface area contributed by atoms with Gasteiger partial charge >= 0.3 is 88.4 Å². The molecule has 1 unspecified atom stereocenters. The zero-order chi connectivity index (χ0) is 26.0. The Hall–Kier alpha value is -3.56. The number of amides is 2. The largest absolute Gasteiger partial charge is 0.493 e. The Labute approximate surface area is 206 Å². The van der Waals surface area contributed by atoms with Crippen molar-refractivity contribution in [2.24, 2.45) is 0 Å². The summed E-state index contributed by atoms with van der Waals surface area (Å²) in [5.41, 5.74) is 1.55. The molecule has 35 heavy (non-hydrogen) atoms. The maximum absolute atomic E-state index is 12.4. The molecule has 2 amide bonds. The van der Waals surface area contributed by atoms with Crippen LogP contribution in [0.25, 0.3) is 0 Å². The summed E-state index contributed by atoms with van der Waals surface area (Å²) < 4.78 is 34.6. The molecule has 3 aromatic carbocycles. The van der Waals surface area contributed by atoms with Crippen LogP contribution >= 0.6 is 0 Å². The first-order valence-corrected chi connectivity index (χ1v) is 13.5. The molecular weight excluding hydrogens is 519 g/mol. The van der Waals surface area contributed by atoms with E-state index in [2.05, 4.69) is 9.19 Å². The van der Waals surface area contributed by atoms with Crippen LogP contribution in [0.4, 0.5) is 11.4 Å². The Morgan fingerprint density at radius 3 is 2.09 bits per heavy atom. The summed E-state index contributed by atoms with van der Waals surface area (Å²) in [5, 5.41) is 10.7. The fourth-order valence-electron chi connectivity index (χ4n) is 2.98. The number of nitrogens with zero attached hydrogens (tertiary/aromatic N) is 1. The molecule has 3 N–H and O–H groups in total. The van der Waals surface area contributed by atoms with E-state index in [1.165, 1.54) is 25.1 Å². The Balaban J connectivity index is 0.000000258. The quantitative estimate of drug-likeness (QED) is 0.234. The maximum atomic E-state index is 12.4. The Morgan fingerprint density at radius 2 is 1.51 bits per heavy atom. The van der Waals surface area contributed by atoms with Crippen LogP contribution in [0.5, 0.6) is 11.5 Å². The molecule has 0 bridgehead atoms. The molecule has 0 aromatic heterocycles. The minimum absolute atomic E-state index is 0.0715. The summed E-state index contributed by atoms with van der Waals surface area (Å²) >= 11 is -4.92. The number of rotatable bonds is 7. The summed E-state index contributed by atoms with van der Waals surface area (Å²) in [6.45, 7) is 1.27. The van der Waals surface area contributed by atoms with E-state index in [0.717, 1.165) is 5.69 Å². The molecule has 186 valence electrons. The van der Waals surface area contributed by atoms with Gasteiger partial charge in [-0.05, 0) is 24.3 Å². The summed E-state index contributed by atoms with van der Waals surface area (Å²) in [6.07, 6.45) is 0. The van der Waals surface area contributed by atoms with E-state index < -0.39 is 14.2 Å². The number of hydrogen-bond acceptors (Lipinski definition) is 7. The average Bonchev–Trinajstić information content (AvgIpc) is 2.88. The van der Waals surface area contributed by atoms with Crippen LogP contribution in [0.2, 0.25) is 0 Å². The van der Waals surface area contributed by atoms with Crippen LogP contribution in [0.1, 0.15) is 17.3 Å². The van der Waals surface area contributed by atoms with Gasteiger partial charge in [-0.1, -0.05) is 18.2 Å². The third kappa shape index (κ3) is 7.46. The number of ether oxygens (including phenoxy) is 2. The number of hydrogen-bond donors (Lipinski definition) is 3. The van der Waals surface area contributed by atoms with Gasteiger partial charge in [0.05, 0.1) is 14.2 Å². The van der Waals surface area contributed by atoms with Crippen LogP contribution in [0.15, 0.2) is 72.8 Å². The predicted molar refractivity (Wildman–Crippen MR) is 131 cm³/mol. The van der Waals surface area contributed by atoms with Crippen LogP contribution in [0, 0.1) is 0 Å². The van der Waals surface area contributed by atoms with E-state index in [1.807, 2.05) is 24.3 Å². The Bertz CT molecular complexity index is 1200. The molecular formula is C24H27AsN2O8. The van der Waals surface area contributed by atoms with Crippen molar-refractivity contribution in [3.05, 3.63) is 78.4 Å². The molecule has 3 rings (SSSR count). The van der Waals surface area contributed by atoms with Gasteiger partial charge < -0.3 is 14.4 Å². The topological polar surface area (TPSA) is 135 Å². The minimum atomic E-state index is -4.92. The zero-order valence-electron chi connectivity index (χ0n) is 19.7. The van der Waals surface area contributed by atoms with E-state index in [9.17, 15) is 17.4 Å². The molecule has 3 aromatic rings. The van der Waals surface area contributed by atoms with Crippen LogP contribution in [-0.4, -0.2) is 56.6 Å². The van der Waals surface area contributed by atoms with Crippen LogP contribution < -0.4 is 24.0 Å². The van der Waals surface area contributed by atoms with Gasteiger partial charge in [-0.2, -0.15) is 0 Å². The fraction of sp³-hybridized carbons (Fsp3) is 0.167. The first-order valence-electron chi connectivity index (χ1n) is 10.2. The molecule has 0 aliphatic heterocycles. The second kappa shape index (κ2) is 12.8. The molecule has 0 saturated carbocycles. The van der Waals surface area contributed by atoms with Crippen molar-refractivity contribution in [1.29, 1.82) is 0 Å². The molecule has 0 saturated heterocycles. The molecule has 0 spiro atoms. The van der Waals surface area contributed by atoms with Crippen molar-refractivity contribution < 1.29 is 36.0 Å². The average molecular weight is 546 g/mol. The van der Waals surface area contributed by atoms with Crippen molar-refractivity contribution in [3.8, 4) is 11.5 Å². The molecule has 0 radical (unpaired) electrons. The number of anilines is 2. The molecule has 0 fully saturated rings. The molecule has 11 heteroatoms. The van der Waals surface area contributed by atoms with Crippen molar-refractivity contribution in [1.82, 2.24) is 0 Å². The van der Waals surface area contributed by atoms with Crippen LogP contribution in [-0.2, 0) is 12.4 Å². The summed E-state index contributed by atoms with van der Waals surface area (Å²) in [7, 11) is 4.88. The first kappa shape index (κ1) is 27.7.